The van der Waals surface area contributed by atoms with Crippen LogP contribution < -0.4 is 10.6 Å². The highest BCUT2D eigenvalue weighted by Crippen LogP contribution is 2.19. The molecule has 0 unspecified atom stereocenters. The van der Waals surface area contributed by atoms with Crippen molar-refractivity contribution in [2.75, 3.05) is 11.9 Å². The zero-order chi connectivity index (χ0) is 19.6. The van der Waals surface area contributed by atoms with E-state index in [1.807, 2.05) is 49.4 Å². The van der Waals surface area contributed by atoms with Crippen molar-refractivity contribution in [1.29, 1.82) is 0 Å². The third-order valence-electron chi connectivity index (χ3n) is 3.72. The number of hydrogen-bond donors (Lipinski definition) is 2. The van der Waals surface area contributed by atoms with Gasteiger partial charge in [0.25, 0.3) is 5.91 Å². The Morgan fingerprint density at radius 1 is 1.00 bits per heavy atom. The van der Waals surface area contributed by atoms with E-state index in [0.717, 1.165) is 15.6 Å². The second-order valence-electron chi connectivity index (χ2n) is 5.93. The average Bonchev–Trinajstić information content (AvgIpc) is 2.66. The predicted octanol–water partition coefficient (Wildman–Crippen LogP) is 3.34. The van der Waals surface area contributed by atoms with Gasteiger partial charge in [0.15, 0.2) is 6.61 Å². The maximum Gasteiger partial charge on any atom is 0.306 e. The molecule has 0 aliphatic carbocycles. The van der Waals surface area contributed by atoms with Crippen LogP contribution in [0.3, 0.4) is 0 Å². The van der Waals surface area contributed by atoms with Crippen LogP contribution in [0.5, 0.6) is 0 Å². The van der Waals surface area contributed by atoms with E-state index in [1.165, 1.54) is 0 Å². The van der Waals surface area contributed by atoms with Crippen molar-refractivity contribution in [2.45, 2.75) is 26.3 Å². The number of carbonyl (C=O) groups is 3. The van der Waals surface area contributed by atoms with Crippen molar-refractivity contribution in [1.82, 2.24) is 5.32 Å². The summed E-state index contributed by atoms with van der Waals surface area (Å²) in [4.78, 5) is 35.3. The topological polar surface area (TPSA) is 84.5 Å². The SMILES string of the molecule is Cc1cc(Br)ccc1NC(=O)COC(=O)CCC(=O)NCc1ccccc1. The van der Waals surface area contributed by atoms with E-state index in [4.69, 9.17) is 4.74 Å². The fraction of sp³-hybridized carbons (Fsp3) is 0.250. The lowest BCUT2D eigenvalue weighted by Gasteiger charge is -2.09. The summed E-state index contributed by atoms with van der Waals surface area (Å²) in [5, 5.41) is 5.41. The number of halogens is 1. The molecule has 6 nitrogen and oxygen atoms in total. The highest BCUT2D eigenvalue weighted by molar-refractivity contribution is 9.10. The Morgan fingerprint density at radius 2 is 1.74 bits per heavy atom. The molecular formula is C20H21BrN2O4. The molecule has 0 heterocycles. The highest BCUT2D eigenvalue weighted by Gasteiger charge is 2.11. The van der Waals surface area contributed by atoms with Crippen molar-refractivity contribution in [2.24, 2.45) is 0 Å². The van der Waals surface area contributed by atoms with Crippen LogP contribution in [0.4, 0.5) is 5.69 Å². The monoisotopic (exact) mass is 432 g/mol. The maximum absolute atomic E-state index is 11.9. The molecule has 0 aliphatic rings. The lowest BCUT2D eigenvalue weighted by Crippen LogP contribution is -2.25. The summed E-state index contributed by atoms with van der Waals surface area (Å²) in [7, 11) is 0. The normalized spacial score (nSPS) is 10.1. The fourth-order valence-corrected chi connectivity index (χ4v) is 2.75. The smallest absolute Gasteiger partial charge is 0.306 e. The first kappa shape index (κ1) is 20.6. The van der Waals surface area contributed by atoms with Gasteiger partial charge < -0.3 is 15.4 Å². The summed E-state index contributed by atoms with van der Waals surface area (Å²) in [6.45, 7) is 1.88. The average molecular weight is 433 g/mol. The molecule has 0 radical (unpaired) electrons. The number of nitrogens with one attached hydrogen (secondary N) is 2. The highest BCUT2D eigenvalue weighted by atomic mass is 79.9. The van der Waals surface area contributed by atoms with Crippen LogP contribution in [0, 0.1) is 6.92 Å². The number of amides is 2. The molecular weight excluding hydrogens is 412 g/mol. The molecule has 0 spiro atoms. The number of carbonyl (C=O) groups excluding carboxylic acids is 3. The first-order chi connectivity index (χ1) is 12.9. The standard InChI is InChI=1S/C20H21BrN2O4/c1-14-11-16(21)7-8-17(14)23-19(25)13-27-20(26)10-9-18(24)22-12-15-5-3-2-4-6-15/h2-8,11H,9-10,12-13H2,1H3,(H,22,24)(H,23,25). The first-order valence-electron chi connectivity index (χ1n) is 8.46. The van der Waals surface area contributed by atoms with Gasteiger partial charge in [0.2, 0.25) is 5.91 Å². The van der Waals surface area contributed by atoms with Gasteiger partial charge in [-0.05, 0) is 36.2 Å². The largest absolute Gasteiger partial charge is 0.456 e. The van der Waals surface area contributed by atoms with Crippen LogP contribution in [0.1, 0.15) is 24.0 Å². The summed E-state index contributed by atoms with van der Waals surface area (Å²) in [6.07, 6.45) is -0.0652. The molecule has 0 aliphatic heterocycles. The molecule has 142 valence electrons. The number of anilines is 1. The Balaban J connectivity index is 1.65. The van der Waals surface area contributed by atoms with E-state index < -0.39 is 11.9 Å². The number of aryl methyl sites for hydroxylation is 1. The van der Waals surface area contributed by atoms with E-state index in [-0.39, 0.29) is 25.4 Å². The molecule has 7 heteroatoms. The van der Waals surface area contributed by atoms with E-state index in [0.29, 0.717) is 12.2 Å². The van der Waals surface area contributed by atoms with E-state index in [9.17, 15) is 14.4 Å². The van der Waals surface area contributed by atoms with Gasteiger partial charge in [0.05, 0.1) is 6.42 Å². The molecule has 0 saturated carbocycles. The van der Waals surface area contributed by atoms with Gasteiger partial charge >= 0.3 is 5.97 Å². The van der Waals surface area contributed by atoms with E-state index >= 15 is 0 Å². The van der Waals surface area contributed by atoms with Crippen LogP contribution in [-0.2, 0) is 25.7 Å². The van der Waals surface area contributed by atoms with Gasteiger partial charge in [-0.25, -0.2) is 0 Å². The Kier molecular flexibility index (Phi) is 8.00. The summed E-state index contributed by atoms with van der Waals surface area (Å²) < 4.78 is 5.82. The molecule has 0 bridgehead atoms. The third-order valence-corrected chi connectivity index (χ3v) is 4.21. The quantitative estimate of drug-likeness (QED) is 0.626. The Labute approximate surface area is 166 Å². The molecule has 27 heavy (non-hydrogen) atoms. The van der Waals surface area contributed by atoms with Gasteiger partial charge in [-0.3, -0.25) is 14.4 Å². The van der Waals surface area contributed by atoms with Crippen molar-refractivity contribution in [3.8, 4) is 0 Å². The van der Waals surface area contributed by atoms with Gasteiger partial charge in [-0.1, -0.05) is 46.3 Å². The van der Waals surface area contributed by atoms with Crippen LogP contribution in [-0.4, -0.2) is 24.4 Å². The molecule has 0 atom stereocenters. The summed E-state index contributed by atoms with van der Waals surface area (Å²) in [6, 6.07) is 14.9. The fourth-order valence-electron chi connectivity index (χ4n) is 2.27. The molecule has 2 N–H and O–H groups in total. The molecule has 2 rings (SSSR count). The maximum atomic E-state index is 11.9. The molecule has 2 amide bonds. The number of benzene rings is 2. The molecule has 0 saturated heterocycles. The lowest BCUT2D eigenvalue weighted by atomic mass is 10.2. The van der Waals surface area contributed by atoms with Gasteiger partial charge in [0.1, 0.15) is 0 Å². The number of esters is 1. The zero-order valence-corrected chi connectivity index (χ0v) is 16.5. The van der Waals surface area contributed by atoms with E-state index in [1.54, 1.807) is 6.07 Å². The first-order valence-corrected chi connectivity index (χ1v) is 9.25. The molecule has 0 fully saturated rings. The van der Waals surface area contributed by atoms with Crippen molar-refractivity contribution < 1.29 is 19.1 Å². The van der Waals surface area contributed by atoms with Crippen LogP contribution in [0.15, 0.2) is 53.0 Å². The minimum absolute atomic E-state index is 0.0130. The summed E-state index contributed by atoms with van der Waals surface area (Å²) in [5.41, 5.74) is 2.52. The van der Waals surface area contributed by atoms with Gasteiger partial charge in [-0.2, -0.15) is 0 Å². The molecule has 2 aromatic rings. The van der Waals surface area contributed by atoms with Gasteiger partial charge in [0, 0.05) is 23.1 Å². The zero-order valence-electron chi connectivity index (χ0n) is 15.0. The minimum atomic E-state index is -0.590. The van der Waals surface area contributed by atoms with Crippen LogP contribution in [0.2, 0.25) is 0 Å². The van der Waals surface area contributed by atoms with Crippen molar-refractivity contribution in [3.63, 3.8) is 0 Å². The van der Waals surface area contributed by atoms with Crippen LogP contribution >= 0.6 is 15.9 Å². The number of rotatable bonds is 8. The predicted molar refractivity (Wildman–Crippen MR) is 106 cm³/mol. The van der Waals surface area contributed by atoms with Crippen molar-refractivity contribution >= 4 is 39.4 Å². The molecule has 0 aromatic heterocycles. The number of hydrogen-bond acceptors (Lipinski definition) is 4. The number of ether oxygens (including phenoxy) is 1. The summed E-state index contributed by atoms with van der Waals surface area (Å²) >= 11 is 3.35. The van der Waals surface area contributed by atoms with Crippen molar-refractivity contribution in [3.05, 3.63) is 64.1 Å². The second-order valence-corrected chi connectivity index (χ2v) is 6.85. The minimum Gasteiger partial charge on any atom is -0.456 e. The third kappa shape index (κ3) is 7.62. The second kappa shape index (κ2) is 10.5. The van der Waals surface area contributed by atoms with Gasteiger partial charge in [-0.15, -0.1) is 0 Å². The Morgan fingerprint density at radius 3 is 2.44 bits per heavy atom. The van der Waals surface area contributed by atoms with Crippen LogP contribution in [0.25, 0.3) is 0 Å². The molecule has 2 aromatic carbocycles. The lowest BCUT2D eigenvalue weighted by molar-refractivity contribution is -0.148. The Hall–Kier alpha value is -2.67. The summed E-state index contributed by atoms with van der Waals surface area (Å²) in [5.74, 6) is -1.26. The Bertz CT molecular complexity index is 809. The van der Waals surface area contributed by atoms with E-state index in [2.05, 4.69) is 26.6 Å².